The summed E-state index contributed by atoms with van der Waals surface area (Å²) < 4.78 is 0.822. The number of halogens is 1. The van der Waals surface area contributed by atoms with E-state index in [-0.39, 0.29) is 12.6 Å². The molecule has 4 nitrogen and oxygen atoms in total. The second-order valence-electron chi connectivity index (χ2n) is 4.20. The molecule has 0 saturated carbocycles. The molecule has 1 aromatic rings. The van der Waals surface area contributed by atoms with Crippen LogP contribution in [-0.4, -0.2) is 23.3 Å². The van der Waals surface area contributed by atoms with Crippen LogP contribution in [0.1, 0.15) is 26.7 Å². The number of para-hydroxylation sites is 1. The summed E-state index contributed by atoms with van der Waals surface area (Å²) in [6.45, 7) is 3.82. The van der Waals surface area contributed by atoms with E-state index in [0.29, 0.717) is 18.5 Å². The van der Waals surface area contributed by atoms with Gasteiger partial charge in [0.05, 0.1) is 17.8 Å². The maximum Gasteiger partial charge on any atom is 0.319 e. The van der Waals surface area contributed by atoms with E-state index in [0.717, 1.165) is 4.47 Å². The number of rotatable bonds is 5. The average Bonchev–Trinajstić information content (AvgIpc) is 2.39. The van der Waals surface area contributed by atoms with Crippen molar-refractivity contribution in [2.45, 2.75) is 32.2 Å². The number of hydrogen-bond acceptors (Lipinski definition) is 2. The van der Waals surface area contributed by atoms with Crippen LogP contribution in [-0.2, 0) is 0 Å². The zero-order valence-corrected chi connectivity index (χ0v) is 12.3. The largest absolute Gasteiger partial charge is 0.394 e. The number of anilines is 1. The first kappa shape index (κ1) is 15.0. The highest BCUT2D eigenvalue weighted by molar-refractivity contribution is 9.10. The van der Waals surface area contributed by atoms with Crippen molar-refractivity contribution in [2.24, 2.45) is 0 Å². The highest BCUT2D eigenvalue weighted by atomic mass is 79.9. The number of carbonyl (C=O) groups is 1. The fourth-order valence-corrected chi connectivity index (χ4v) is 2.03. The number of carbonyl (C=O) groups excluding carboxylic acids is 1. The van der Waals surface area contributed by atoms with Crippen LogP contribution in [0.5, 0.6) is 0 Å². The van der Waals surface area contributed by atoms with Gasteiger partial charge in [0, 0.05) is 4.47 Å². The van der Waals surface area contributed by atoms with Crippen molar-refractivity contribution in [1.82, 2.24) is 5.32 Å². The lowest BCUT2D eigenvalue weighted by Gasteiger charge is -2.30. The molecule has 0 aromatic heterocycles. The molecule has 0 saturated heterocycles. The Morgan fingerprint density at radius 1 is 1.33 bits per heavy atom. The zero-order chi connectivity index (χ0) is 13.6. The minimum Gasteiger partial charge on any atom is -0.394 e. The monoisotopic (exact) mass is 314 g/mol. The quantitative estimate of drug-likeness (QED) is 0.782. The summed E-state index contributed by atoms with van der Waals surface area (Å²) in [4.78, 5) is 11.9. The summed E-state index contributed by atoms with van der Waals surface area (Å²) in [6.07, 6.45) is 1.37. The van der Waals surface area contributed by atoms with Crippen LogP contribution in [0.15, 0.2) is 28.7 Å². The molecule has 3 N–H and O–H groups in total. The predicted octanol–water partition coefficient (Wildman–Crippen LogP) is 3.12. The van der Waals surface area contributed by atoms with Crippen molar-refractivity contribution in [2.75, 3.05) is 11.9 Å². The Morgan fingerprint density at radius 3 is 2.44 bits per heavy atom. The van der Waals surface area contributed by atoms with Crippen molar-refractivity contribution in [3.05, 3.63) is 28.7 Å². The van der Waals surface area contributed by atoms with E-state index >= 15 is 0 Å². The normalized spacial score (nSPS) is 11.1. The lowest BCUT2D eigenvalue weighted by molar-refractivity contribution is 0.155. The average molecular weight is 315 g/mol. The van der Waals surface area contributed by atoms with E-state index in [9.17, 15) is 9.90 Å². The third-order valence-corrected chi connectivity index (χ3v) is 3.85. The van der Waals surface area contributed by atoms with Gasteiger partial charge in [-0.25, -0.2) is 4.79 Å². The van der Waals surface area contributed by atoms with Crippen LogP contribution in [0.4, 0.5) is 10.5 Å². The Labute approximate surface area is 116 Å². The first-order valence-corrected chi connectivity index (χ1v) is 6.80. The lowest BCUT2D eigenvalue weighted by Crippen LogP contribution is -2.52. The van der Waals surface area contributed by atoms with E-state index < -0.39 is 5.54 Å². The number of amides is 2. The minimum absolute atomic E-state index is 0.0661. The summed E-state index contributed by atoms with van der Waals surface area (Å²) in [7, 11) is 0. The van der Waals surface area contributed by atoms with Crippen LogP contribution < -0.4 is 10.6 Å². The van der Waals surface area contributed by atoms with Gasteiger partial charge in [-0.3, -0.25) is 0 Å². The highest BCUT2D eigenvalue weighted by Crippen LogP contribution is 2.21. The Morgan fingerprint density at radius 2 is 1.94 bits per heavy atom. The van der Waals surface area contributed by atoms with Crippen molar-refractivity contribution in [1.29, 1.82) is 0 Å². The van der Waals surface area contributed by atoms with Gasteiger partial charge in [0.2, 0.25) is 0 Å². The molecule has 100 valence electrons. The molecule has 0 aliphatic heterocycles. The molecule has 1 aromatic carbocycles. The third-order valence-electron chi connectivity index (χ3n) is 3.16. The highest BCUT2D eigenvalue weighted by Gasteiger charge is 2.27. The van der Waals surface area contributed by atoms with Crippen LogP contribution in [0.3, 0.4) is 0 Å². The second-order valence-corrected chi connectivity index (χ2v) is 5.06. The van der Waals surface area contributed by atoms with Gasteiger partial charge in [-0.1, -0.05) is 26.0 Å². The maximum atomic E-state index is 11.9. The molecule has 2 amide bonds. The maximum absolute atomic E-state index is 11.9. The van der Waals surface area contributed by atoms with E-state index in [1.165, 1.54) is 0 Å². The Hall–Kier alpha value is -1.07. The van der Waals surface area contributed by atoms with Gasteiger partial charge in [-0.15, -0.1) is 0 Å². The first-order valence-electron chi connectivity index (χ1n) is 6.01. The molecular formula is C13H19BrN2O2. The van der Waals surface area contributed by atoms with Crippen molar-refractivity contribution < 1.29 is 9.90 Å². The summed E-state index contributed by atoms with van der Waals surface area (Å²) in [5.74, 6) is 0. The first-order chi connectivity index (χ1) is 8.56. The molecule has 0 aliphatic rings. The van der Waals surface area contributed by atoms with Gasteiger partial charge < -0.3 is 15.7 Å². The standard InChI is InChI=1S/C13H19BrN2O2/c1-3-13(4-2,9-17)16-12(18)15-11-8-6-5-7-10(11)14/h5-8,17H,3-4,9H2,1-2H3,(H2,15,16,18). The van der Waals surface area contributed by atoms with Crippen LogP contribution in [0.2, 0.25) is 0 Å². The second kappa shape index (κ2) is 6.75. The minimum atomic E-state index is -0.550. The SMILES string of the molecule is CCC(CC)(CO)NC(=O)Nc1ccccc1Br. The van der Waals surface area contributed by atoms with Gasteiger partial charge in [-0.2, -0.15) is 0 Å². The number of aliphatic hydroxyl groups is 1. The number of urea groups is 1. The topological polar surface area (TPSA) is 61.4 Å². The van der Waals surface area contributed by atoms with E-state index in [4.69, 9.17) is 0 Å². The van der Waals surface area contributed by atoms with Crippen LogP contribution in [0.25, 0.3) is 0 Å². The van der Waals surface area contributed by atoms with Gasteiger partial charge in [0.25, 0.3) is 0 Å². The molecule has 0 fully saturated rings. The number of benzene rings is 1. The number of aliphatic hydroxyl groups excluding tert-OH is 1. The fourth-order valence-electron chi connectivity index (χ4n) is 1.65. The fraction of sp³-hybridized carbons (Fsp3) is 0.462. The molecule has 0 spiro atoms. The van der Waals surface area contributed by atoms with Gasteiger partial charge in [0.1, 0.15) is 0 Å². The van der Waals surface area contributed by atoms with Crippen LogP contribution >= 0.6 is 15.9 Å². The Kier molecular flexibility index (Phi) is 5.62. The lowest BCUT2D eigenvalue weighted by atomic mass is 9.94. The molecular weight excluding hydrogens is 296 g/mol. The van der Waals surface area contributed by atoms with E-state index in [2.05, 4.69) is 26.6 Å². The predicted molar refractivity (Wildman–Crippen MR) is 76.7 cm³/mol. The zero-order valence-electron chi connectivity index (χ0n) is 10.7. The molecule has 0 aliphatic carbocycles. The van der Waals surface area contributed by atoms with Gasteiger partial charge in [-0.05, 0) is 40.9 Å². The molecule has 0 unspecified atom stereocenters. The summed E-state index contributed by atoms with van der Waals surface area (Å²) in [6, 6.07) is 7.08. The van der Waals surface area contributed by atoms with Crippen molar-refractivity contribution in [3.63, 3.8) is 0 Å². The third kappa shape index (κ3) is 3.71. The molecule has 0 atom stereocenters. The van der Waals surface area contributed by atoms with Gasteiger partial charge in [0.15, 0.2) is 0 Å². The van der Waals surface area contributed by atoms with Gasteiger partial charge >= 0.3 is 6.03 Å². The molecule has 0 bridgehead atoms. The summed E-state index contributed by atoms with van der Waals surface area (Å²) in [5, 5.41) is 15.0. The molecule has 1 rings (SSSR count). The molecule has 18 heavy (non-hydrogen) atoms. The Bertz CT molecular complexity index is 397. The van der Waals surface area contributed by atoms with Crippen molar-refractivity contribution >= 4 is 27.6 Å². The van der Waals surface area contributed by atoms with E-state index in [1.54, 1.807) is 0 Å². The Balaban J connectivity index is 2.70. The van der Waals surface area contributed by atoms with Crippen molar-refractivity contribution in [3.8, 4) is 0 Å². The number of nitrogens with one attached hydrogen (secondary N) is 2. The summed E-state index contributed by atoms with van der Waals surface area (Å²) in [5.41, 5.74) is 0.153. The molecule has 0 radical (unpaired) electrons. The smallest absolute Gasteiger partial charge is 0.319 e. The van der Waals surface area contributed by atoms with E-state index in [1.807, 2.05) is 38.1 Å². The summed E-state index contributed by atoms with van der Waals surface area (Å²) >= 11 is 3.36. The molecule has 0 heterocycles. The molecule has 5 heteroatoms. The van der Waals surface area contributed by atoms with Crippen LogP contribution in [0, 0.1) is 0 Å². The number of hydrogen-bond donors (Lipinski definition) is 3.